The number of urea groups is 1. The van der Waals surface area contributed by atoms with Crippen LogP contribution in [0.25, 0.3) is 0 Å². The molecule has 1 heterocycles. The monoisotopic (exact) mass is 326 g/mol. The van der Waals surface area contributed by atoms with E-state index in [0.717, 1.165) is 18.7 Å². The van der Waals surface area contributed by atoms with Crippen LogP contribution in [0.5, 0.6) is 11.5 Å². The van der Waals surface area contributed by atoms with Gasteiger partial charge in [0.15, 0.2) is 6.73 Å². The van der Waals surface area contributed by atoms with Crippen LogP contribution in [0.3, 0.4) is 0 Å². The van der Waals surface area contributed by atoms with E-state index in [-0.39, 0.29) is 12.8 Å². The lowest BCUT2D eigenvalue weighted by Crippen LogP contribution is -2.43. The maximum Gasteiger partial charge on any atom is 0.320 e. The molecule has 3 rings (SSSR count). The average molecular weight is 326 g/mol. The quantitative estimate of drug-likeness (QED) is 0.859. The van der Waals surface area contributed by atoms with E-state index >= 15 is 0 Å². The van der Waals surface area contributed by atoms with Crippen molar-refractivity contribution in [2.75, 3.05) is 19.9 Å². The van der Waals surface area contributed by atoms with E-state index in [1.165, 1.54) is 11.1 Å². The molecule has 0 bridgehead atoms. The number of hydrogen-bond donors (Lipinski definition) is 1. The molecular formula is C19H22N2O3. The summed E-state index contributed by atoms with van der Waals surface area (Å²) in [7, 11) is 0. The van der Waals surface area contributed by atoms with Crippen molar-refractivity contribution in [2.24, 2.45) is 0 Å². The van der Waals surface area contributed by atoms with Gasteiger partial charge in [-0.3, -0.25) is 0 Å². The molecule has 0 fully saturated rings. The molecule has 5 heteroatoms. The Balaban J connectivity index is 1.46. The third kappa shape index (κ3) is 3.98. The molecule has 0 unspecified atom stereocenters. The molecule has 0 aliphatic carbocycles. The molecule has 5 nitrogen and oxygen atoms in total. The van der Waals surface area contributed by atoms with Crippen molar-refractivity contribution in [1.29, 1.82) is 0 Å². The molecule has 1 aliphatic heterocycles. The highest BCUT2D eigenvalue weighted by Crippen LogP contribution is 2.19. The number of hydrogen-bond acceptors (Lipinski definition) is 3. The first kappa shape index (κ1) is 16.2. The Kier molecular flexibility index (Phi) is 5.21. The lowest BCUT2D eigenvalue weighted by molar-refractivity contribution is 0.179. The molecular weight excluding hydrogens is 304 g/mol. The maximum atomic E-state index is 12.3. The Labute approximate surface area is 142 Å². The van der Waals surface area contributed by atoms with Gasteiger partial charge >= 0.3 is 6.03 Å². The van der Waals surface area contributed by atoms with Gasteiger partial charge in [0.25, 0.3) is 0 Å². The minimum absolute atomic E-state index is 0.101. The largest absolute Gasteiger partial charge is 0.494 e. The zero-order valence-corrected chi connectivity index (χ0v) is 13.8. The highest BCUT2D eigenvalue weighted by Gasteiger charge is 2.19. The van der Waals surface area contributed by atoms with Crippen LogP contribution < -0.4 is 14.8 Å². The van der Waals surface area contributed by atoms with Crippen molar-refractivity contribution < 1.29 is 14.3 Å². The van der Waals surface area contributed by atoms with E-state index in [9.17, 15) is 4.79 Å². The van der Waals surface area contributed by atoms with E-state index in [1.54, 1.807) is 0 Å². The number of amides is 2. The number of carbonyl (C=O) groups is 1. The van der Waals surface area contributed by atoms with Gasteiger partial charge in [0.05, 0.1) is 6.61 Å². The third-order valence-electron chi connectivity index (χ3n) is 4.01. The first-order chi connectivity index (χ1) is 11.8. The molecule has 2 amide bonds. The molecule has 0 saturated heterocycles. The second-order valence-corrected chi connectivity index (χ2v) is 5.62. The van der Waals surface area contributed by atoms with Crippen molar-refractivity contribution in [2.45, 2.75) is 19.9 Å². The van der Waals surface area contributed by atoms with Crippen LogP contribution in [0, 0.1) is 0 Å². The Bertz CT molecular complexity index is 685. The molecule has 126 valence electrons. The molecule has 0 aromatic heterocycles. The molecule has 1 N–H and O–H groups in total. The van der Waals surface area contributed by atoms with Gasteiger partial charge in [0, 0.05) is 13.1 Å². The molecule has 0 spiro atoms. The van der Waals surface area contributed by atoms with Gasteiger partial charge in [-0.1, -0.05) is 24.3 Å². The topological polar surface area (TPSA) is 50.8 Å². The van der Waals surface area contributed by atoms with Crippen LogP contribution in [0.4, 0.5) is 4.79 Å². The smallest absolute Gasteiger partial charge is 0.320 e. The molecule has 2 aromatic carbocycles. The van der Waals surface area contributed by atoms with Gasteiger partial charge in [0.2, 0.25) is 0 Å². The summed E-state index contributed by atoms with van der Waals surface area (Å²) in [5.74, 6) is 1.50. The summed E-state index contributed by atoms with van der Waals surface area (Å²) in [5, 5.41) is 2.80. The fraction of sp³-hybridized carbons (Fsp3) is 0.316. The maximum absolute atomic E-state index is 12.3. The highest BCUT2D eigenvalue weighted by atomic mass is 16.5. The average Bonchev–Trinajstić information content (AvgIpc) is 2.63. The van der Waals surface area contributed by atoms with Crippen LogP contribution in [0.1, 0.15) is 18.1 Å². The first-order valence-electron chi connectivity index (χ1n) is 8.21. The Morgan fingerprint density at radius 2 is 1.71 bits per heavy atom. The predicted molar refractivity (Wildman–Crippen MR) is 92.2 cm³/mol. The van der Waals surface area contributed by atoms with Crippen LogP contribution in [0.15, 0.2) is 48.5 Å². The van der Waals surface area contributed by atoms with E-state index in [4.69, 9.17) is 9.47 Å². The van der Waals surface area contributed by atoms with Crippen molar-refractivity contribution in [1.82, 2.24) is 10.2 Å². The van der Waals surface area contributed by atoms with Crippen molar-refractivity contribution in [3.63, 3.8) is 0 Å². The van der Waals surface area contributed by atoms with Gasteiger partial charge in [0.1, 0.15) is 11.5 Å². The zero-order valence-electron chi connectivity index (χ0n) is 13.8. The Hall–Kier alpha value is -2.69. The summed E-state index contributed by atoms with van der Waals surface area (Å²) >= 11 is 0. The van der Waals surface area contributed by atoms with Gasteiger partial charge in [-0.2, -0.15) is 0 Å². The van der Waals surface area contributed by atoms with Crippen molar-refractivity contribution >= 4 is 6.03 Å². The number of ether oxygens (including phenoxy) is 2. The van der Waals surface area contributed by atoms with Crippen molar-refractivity contribution in [3.8, 4) is 11.5 Å². The van der Waals surface area contributed by atoms with E-state index in [1.807, 2.05) is 48.2 Å². The van der Waals surface area contributed by atoms with Crippen LogP contribution in [-0.4, -0.2) is 30.8 Å². The summed E-state index contributed by atoms with van der Waals surface area (Å²) in [6.45, 7) is 4.09. The van der Waals surface area contributed by atoms with E-state index in [0.29, 0.717) is 18.9 Å². The van der Waals surface area contributed by atoms with Crippen molar-refractivity contribution in [3.05, 3.63) is 59.7 Å². The fourth-order valence-corrected chi connectivity index (χ4v) is 2.76. The van der Waals surface area contributed by atoms with Crippen LogP contribution >= 0.6 is 0 Å². The standard InChI is InChI=1S/C19H22N2O3/c1-2-23-17-7-9-18(10-8-17)24-14-20-19(22)21-12-11-15-5-3-4-6-16(15)13-21/h3-10H,2,11-14H2,1H3,(H,20,22). The zero-order chi connectivity index (χ0) is 16.8. The van der Waals surface area contributed by atoms with E-state index in [2.05, 4.69) is 17.4 Å². The van der Waals surface area contributed by atoms with Crippen LogP contribution in [-0.2, 0) is 13.0 Å². The van der Waals surface area contributed by atoms with Gasteiger partial charge < -0.3 is 19.7 Å². The minimum atomic E-state index is -0.101. The highest BCUT2D eigenvalue weighted by molar-refractivity contribution is 5.74. The number of nitrogens with one attached hydrogen (secondary N) is 1. The predicted octanol–water partition coefficient (Wildman–Crippen LogP) is 3.19. The third-order valence-corrected chi connectivity index (χ3v) is 4.01. The lowest BCUT2D eigenvalue weighted by Gasteiger charge is -2.28. The number of fused-ring (bicyclic) bond motifs is 1. The van der Waals surface area contributed by atoms with Crippen LogP contribution in [0.2, 0.25) is 0 Å². The number of benzene rings is 2. The molecule has 0 radical (unpaired) electrons. The lowest BCUT2D eigenvalue weighted by atomic mass is 10.0. The first-order valence-corrected chi connectivity index (χ1v) is 8.21. The second kappa shape index (κ2) is 7.73. The minimum Gasteiger partial charge on any atom is -0.494 e. The van der Waals surface area contributed by atoms with E-state index < -0.39 is 0 Å². The normalized spacial score (nSPS) is 13.1. The summed E-state index contributed by atoms with van der Waals surface area (Å²) < 4.78 is 10.9. The SMILES string of the molecule is CCOc1ccc(OCNC(=O)N2CCc3ccccc3C2)cc1. The van der Waals surface area contributed by atoms with Gasteiger partial charge in [-0.15, -0.1) is 0 Å². The molecule has 0 atom stereocenters. The fourth-order valence-electron chi connectivity index (χ4n) is 2.76. The van der Waals surface area contributed by atoms with Gasteiger partial charge in [-0.25, -0.2) is 4.79 Å². The molecule has 24 heavy (non-hydrogen) atoms. The number of carbonyl (C=O) groups excluding carboxylic acids is 1. The number of rotatable bonds is 5. The summed E-state index contributed by atoms with van der Waals surface area (Å²) in [6.07, 6.45) is 0.892. The summed E-state index contributed by atoms with van der Waals surface area (Å²) in [5.41, 5.74) is 2.54. The molecule has 0 saturated carbocycles. The number of nitrogens with zero attached hydrogens (tertiary/aromatic N) is 1. The van der Waals surface area contributed by atoms with Gasteiger partial charge in [-0.05, 0) is 48.7 Å². The Morgan fingerprint density at radius 3 is 2.42 bits per heavy atom. The second-order valence-electron chi connectivity index (χ2n) is 5.62. The molecule has 1 aliphatic rings. The Morgan fingerprint density at radius 1 is 1.04 bits per heavy atom. The summed E-state index contributed by atoms with van der Waals surface area (Å²) in [6, 6.07) is 15.5. The summed E-state index contributed by atoms with van der Waals surface area (Å²) in [4.78, 5) is 14.1. The molecule has 2 aromatic rings.